The molecule has 0 radical (unpaired) electrons. The Morgan fingerprint density at radius 3 is 2.73 bits per heavy atom. The normalized spacial score (nSPS) is 16.8. The van der Waals surface area contributed by atoms with Crippen molar-refractivity contribution in [2.24, 2.45) is 0 Å². The molecule has 1 aliphatic rings. The molecule has 0 unspecified atom stereocenters. The number of ether oxygens (including phenoxy) is 1. The van der Waals surface area contributed by atoms with E-state index in [1.54, 1.807) is 11.8 Å². The average Bonchev–Trinajstić information content (AvgIpc) is 2.30. The minimum atomic E-state index is 0.834. The van der Waals surface area contributed by atoms with E-state index in [1.807, 2.05) is 0 Å². The Morgan fingerprint density at radius 1 is 1.33 bits per heavy atom. The minimum Gasteiger partial charge on any atom is -0.378 e. The van der Waals surface area contributed by atoms with Crippen molar-refractivity contribution in [1.82, 2.24) is 0 Å². The maximum absolute atomic E-state index is 5.36. The Kier molecular flexibility index (Phi) is 3.94. The van der Waals surface area contributed by atoms with E-state index in [9.17, 15) is 0 Å². The maximum atomic E-state index is 5.36. The molecular weight excluding hydrogens is 274 g/mol. The van der Waals surface area contributed by atoms with E-state index in [0.29, 0.717) is 0 Å². The van der Waals surface area contributed by atoms with E-state index in [1.165, 1.54) is 10.6 Å². The van der Waals surface area contributed by atoms with Crippen LogP contribution in [0.5, 0.6) is 0 Å². The summed E-state index contributed by atoms with van der Waals surface area (Å²) in [5.74, 6) is 0. The van der Waals surface area contributed by atoms with Crippen LogP contribution < -0.4 is 4.90 Å². The third-order valence-electron chi connectivity index (χ3n) is 2.49. The molecule has 0 atom stereocenters. The largest absolute Gasteiger partial charge is 0.378 e. The second-order valence-electron chi connectivity index (χ2n) is 3.42. The van der Waals surface area contributed by atoms with E-state index in [2.05, 4.69) is 45.3 Å². The van der Waals surface area contributed by atoms with Crippen molar-refractivity contribution < 1.29 is 4.74 Å². The lowest BCUT2D eigenvalue weighted by Crippen LogP contribution is -2.36. The summed E-state index contributed by atoms with van der Waals surface area (Å²) < 4.78 is 6.51. The quantitative estimate of drug-likeness (QED) is 0.776. The number of halogens is 1. The molecule has 82 valence electrons. The highest BCUT2D eigenvalue weighted by Gasteiger charge is 2.14. The van der Waals surface area contributed by atoms with Gasteiger partial charge in [-0.05, 0) is 24.5 Å². The molecule has 2 nitrogen and oxygen atoms in total. The first-order chi connectivity index (χ1) is 7.31. The van der Waals surface area contributed by atoms with Crippen LogP contribution in [0.25, 0.3) is 0 Å². The predicted molar refractivity (Wildman–Crippen MR) is 69.0 cm³/mol. The number of rotatable bonds is 2. The molecule has 1 fully saturated rings. The molecule has 1 aromatic carbocycles. The fourth-order valence-corrected chi connectivity index (χ4v) is 2.66. The van der Waals surface area contributed by atoms with Gasteiger partial charge in [0.25, 0.3) is 0 Å². The van der Waals surface area contributed by atoms with Crippen LogP contribution in [0.4, 0.5) is 5.69 Å². The SMILES string of the molecule is CSc1ccc(Br)cc1N1CCOCC1. The Hall–Kier alpha value is -0.190. The van der Waals surface area contributed by atoms with Crippen molar-refractivity contribution in [3.05, 3.63) is 22.7 Å². The topological polar surface area (TPSA) is 12.5 Å². The highest BCUT2D eigenvalue weighted by molar-refractivity contribution is 9.10. The van der Waals surface area contributed by atoms with Crippen molar-refractivity contribution in [2.75, 3.05) is 37.5 Å². The molecule has 1 saturated heterocycles. The summed E-state index contributed by atoms with van der Waals surface area (Å²) in [5, 5.41) is 0. The van der Waals surface area contributed by atoms with E-state index < -0.39 is 0 Å². The van der Waals surface area contributed by atoms with Gasteiger partial charge in [-0.2, -0.15) is 0 Å². The van der Waals surface area contributed by atoms with Gasteiger partial charge in [-0.3, -0.25) is 0 Å². The second-order valence-corrected chi connectivity index (χ2v) is 5.18. The number of anilines is 1. The molecule has 4 heteroatoms. The molecule has 1 aliphatic heterocycles. The van der Waals surface area contributed by atoms with Gasteiger partial charge in [0, 0.05) is 22.5 Å². The minimum absolute atomic E-state index is 0.834. The van der Waals surface area contributed by atoms with Crippen LogP contribution in [0.15, 0.2) is 27.6 Å². The first-order valence-corrected chi connectivity index (χ1v) is 6.99. The van der Waals surface area contributed by atoms with Crippen molar-refractivity contribution in [3.8, 4) is 0 Å². The van der Waals surface area contributed by atoms with Gasteiger partial charge in [-0.25, -0.2) is 0 Å². The summed E-state index contributed by atoms with van der Waals surface area (Å²) in [6.07, 6.45) is 2.12. The van der Waals surface area contributed by atoms with Gasteiger partial charge in [0.2, 0.25) is 0 Å². The van der Waals surface area contributed by atoms with E-state index in [-0.39, 0.29) is 0 Å². The highest BCUT2D eigenvalue weighted by atomic mass is 79.9. The highest BCUT2D eigenvalue weighted by Crippen LogP contribution is 2.31. The summed E-state index contributed by atoms with van der Waals surface area (Å²) in [4.78, 5) is 3.72. The lowest BCUT2D eigenvalue weighted by molar-refractivity contribution is 0.122. The van der Waals surface area contributed by atoms with E-state index >= 15 is 0 Å². The van der Waals surface area contributed by atoms with Gasteiger partial charge in [0.1, 0.15) is 0 Å². The molecule has 2 rings (SSSR count). The lowest BCUT2D eigenvalue weighted by atomic mass is 10.2. The molecule has 15 heavy (non-hydrogen) atoms. The second kappa shape index (κ2) is 5.23. The Labute approximate surface area is 103 Å². The van der Waals surface area contributed by atoms with Gasteiger partial charge in [0.05, 0.1) is 18.9 Å². The van der Waals surface area contributed by atoms with Crippen LogP contribution in [-0.2, 0) is 4.74 Å². The molecule has 0 bridgehead atoms. The van der Waals surface area contributed by atoms with Crippen LogP contribution >= 0.6 is 27.7 Å². The molecule has 1 aromatic rings. The third-order valence-corrected chi connectivity index (χ3v) is 3.77. The van der Waals surface area contributed by atoms with Gasteiger partial charge in [0.15, 0.2) is 0 Å². The van der Waals surface area contributed by atoms with Gasteiger partial charge >= 0.3 is 0 Å². The monoisotopic (exact) mass is 287 g/mol. The zero-order valence-corrected chi connectivity index (χ0v) is 11.1. The average molecular weight is 288 g/mol. The number of nitrogens with zero attached hydrogens (tertiary/aromatic N) is 1. The fraction of sp³-hybridized carbons (Fsp3) is 0.455. The maximum Gasteiger partial charge on any atom is 0.0642 e. The van der Waals surface area contributed by atoms with E-state index in [0.717, 1.165) is 30.8 Å². The number of hydrogen-bond donors (Lipinski definition) is 0. The molecule has 0 N–H and O–H groups in total. The summed E-state index contributed by atoms with van der Waals surface area (Å²) in [6, 6.07) is 6.45. The van der Waals surface area contributed by atoms with Crippen LogP contribution in [-0.4, -0.2) is 32.6 Å². The standard InChI is InChI=1S/C11H14BrNOS/c1-15-11-3-2-9(12)8-10(11)13-4-6-14-7-5-13/h2-3,8H,4-7H2,1H3. The molecule has 0 saturated carbocycles. The molecule has 0 aliphatic carbocycles. The smallest absolute Gasteiger partial charge is 0.0642 e. The van der Waals surface area contributed by atoms with Crippen molar-refractivity contribution >= 4 is 33.4 Å². The summed E-state index contributed by atoms with van der Waals surface area (Å²) in [5.41, 5.74) is 1.32. The van der Waals surface area contributed by atoms with Gasteiger partial charge in [-0.1, -0.05) is 15.9 Å². The van der Waals surface area contributed by atoms with Crippen LogP contribution in [0.3, 0.4) is 0 Å². The summed E-state index contributed by atoms with van der Waals surface area (Å²) >= 11 is 5.32. The Morgan fingerprint density at radius 2 is 2.07 bits per heavy atom. The van der Waals surface area contributed by atoms with Gasteiger partial charge < -0.3 is 9.64 Å². The van der Waals surface area contributed by atoms with Crippen LogP contribution in [0.1, 0.15) is 0 Å². The zero-order chi connectivity index (χ0) is 10.7. The first kappa shape index (κ1) is 11.3. The summed E-state index contributed by atoms with van der Waals surface area (Å²) in [7, 11) is 0. The van der Waals surface area contributed by atoms with E-state index in [4.69, 9.17) is 4.74 Å². The molecule has 1 heterocycles. The third kappa shape index (κ3) is 2.68. The predicted octanol–water partition coefficient (Wildman–Crippen LogP) is 3.01. The molecular formula is C11H14BrNOS. The lowest BCUT2D eigenvalue weighted by Gasteiger charge is -2.30. The number of hydrogen-bond acceptors (Lipinski definition) is 3. The van der Waals surface area contributed by atoms with Crippen molar-refractivity contribution in [1.29, 1.82) is 0 Å². The Bertz CT molecular complexity index is 339. The van der Waals surface area contributed by atoms with Crippen molar-refractivity contribution in [2.45, 2.75) is 4.90 Å². The molecule has 0 amide bonds. The molecule has 0 spiro atoms. The first-order valence-electron chi connectivity index (χ1n) is 4.97. The number of benzene rings is 1. The Balaban J connectivity index is 2.27. The molecule has 0 aromatic heterocycles. The van der Waals surface area contributed by atoms with Gasteiger partial charge in [-0.15, -0.1) is 11.8 Å². The zero-order valence-electron chi connectivity index (χ0n) is 8.70. The van der Waals surface area contributed by atoms with Crippen molar-refractivity contribution in [3.63, 3.8) is 0 Å². The fourth-order valence-electron chi connectivity index (χ4n) is 1.71. The van der Waals surface area contributed by atoms with Crippen LogP contribution in [0.2, 0.25) is 0 Å². The van der Waals surface area contributed by atoms with Crippen LogP contribution in [0, 0.1) is 0 Å². The number of thioether (sulfide) groups is 1. The number of morpholine rings is 1. The summed E-state index contributed by atoms with van der Waals surface area (Å²) in [6.45, 7) is 3.65.